The molecule has 27 heavy (non-hydrogen) atoms. The van der Waals surface area contributed by atoms with E-state index in [0.29, 0.717) is 0 Å². The summed E-state index contributed by atoms with van der Waals surface area (Å²) < 4.78 is 7.86. The van der Waals surface area contributed by atoms with Gasteiger partial charge in [0.25, 0.3) is 0 Å². The van der Waals surface area contributed by atoms with Crippen LogP contribution in [0.1, 0.15) is 30.1 Å². The van der Waals surface area contributed by atoms with Crippen molar-refractivity contribution in [3.05, 3.63) is 35.9 Å². The molecule has 4 rings (SSSR count). The van der Waals surface area contributed by atoms with Crippen LogP contribution < -0.4 is 10.2 Å². The maximum Gasteiger partial charge on any atom is 0.225 e. The third kappa shape index (κ3) is 4.45. The van der Waals surface area contributed by atoms with Crippen LogP contribution in [0.3, 0.4) is 0 Å². The van der Waals surface area contributed by atoms with Crippen molar-refractivity contribution in [3.63, 3.8) is 0 Å². The molecule has 2 aromatic rings. The number of nitrogens with zero attached hydrogens (tertiary/aromatic N) is 6. The molecule has 0 amide bonds. The van der Waals surface area contributed by atoms with Gasteiger partial charge in [0.15, 0.2) is 0 Å². The zero-order chi connectivity index (χ0) is 18.6. The third-order valence-electron chi connectivity index (χ3n) is 5.42. The molecule has 2 fully saturated rings. The zero-order valence-corrected chi connectivity index (χ0v) is 16.2. The van der Waals surface area contributed by atoms with E-state index in [1.807, 2.05) is 36.5 Å². The van der Waals surface area contributed by atoms with Crippen LogP contribution in [-0.2, 0) is 18.3 Å². The number of piperazine rings is 1. The number of rotatable bonds is 5. The van der Waals surface area contributed by atoms with Gasteiger partial charge in [0, 0.05) is 82.1 Å². The highest BCUT2D eigenvalue weighted by molar-refractivity contribution is 5.30. The highest BCUT2D eigenvalue weighted by Crippen LogP contribution is 2.28. The van der Waals surface area contributed by atoms with Crippen LogP contribution in [0.4, 0.5) is 5.95 Å². The fourth-order valence-electron chi connectivity index (χ4n) is 3.76. The third-order valence-corrected chi connectivity index (χ3v) is 5.42. The standard InChI is InChI=1S/C19H29N7O/c1-24-5-7-26(8-6-24)19-21-11-15(12-22-19)10-20-17-4-3-9-27-18(17)16-13-23-25(2)14-16/h11-14,17-18,20H,3-10H2,1-2H3/t17-,18+/m0/s1. The Morgan fingerprint density at radius 3 is 2.59 bits per heavy atom. The van der Waals surface area contributed by atoms with Crippen LogP contribution in [-0.4, -0.2) is 70.5 Å². The van der Waals surface area contributed by atoms with Crippen molar-refractivity contribution in [1.29, 1.82) is 0 Å². The Morgan fingerprint density at radius 2 is 1.89 bits per heavy atom. The number of aromatic nitrogens is 4. The smallest absolute Gasteiger partial charge is 0.225 e. The average molecular weight is 371 g/mol. The molecule has 2 aliphatic rings. The fraction of sp³-hybridized carbons (Fsp3) is 0.632. The van der Waals surface area contributed by atoms with Crippen molar-refractivity contribution >= 4 is 5.95 Å². The molecular weight excluding hydrogens is 342 g/mol. The lowest BCUT2D eigenvalue weighted by Crippen LogP contribution is -2.45. The predicted octanol–water partition coefficient (Wildman–Crippen LogP) is 0.972. The molecule has 0 bridgehead atoms. The monoisotopic (exact) mass is 371 g/mol. The molecule has 0 unspecified atom stereocenters. The van der Waals surface area contributed by atoms with E-state index < -0.39 is 0 Å². The minimum Gasteiger partial charge on any atom is -0.372 e. The molecule has 146 valence electrons. The molecule has 2 saturated heterocycles. The summed E-state index contributed by atoms with van der Waals surface area (Å²) in [5.41, 5.74) is 2.24. The van der Waals surface area contributed by atoms with Gasteiger partial charge in [0.1, 0.15) is 6.10 Å². The van der Waals surface area contributed by atoms with Gasteiger partial charge < -0.3 is 19.9 Å². The minimum atomic E-state index is 0.0537. The van der Waals surface area contributed by atoms with E-state index >= 15 is 0 Å². The second-order valence-electron chi connectivity index (χ2n) is 7.55. The molecule has 2 aliphatic heterocycles. The van der Waals surface area contributed by atoms with Gasteiger partial charge in [-0.05, 0) is 19.9 Å². The summed E-state index contributed by atoms with van der Waals surface area (Å²) in [6.07, 6.45) is 10.1. The summed E-state index contributed by atoms with van der Waals surface area (Å²) in [6, 6.07) is 0.278. The molecule has 0 radical (unpaired) electrons. The van der Waals surface area contributed by atoms with E-state index in [-0.39, 0.29) is 12.1 Å². The summed E-state index contributed by atoms with van der Waals surface area (Å²) in [6.45, 7) is 5.64. The Hall–Kier alpha value is -2.03. The first-order valence-electron chi connectivity index (χ1n) is 9.77. The first-order valence-corrected chi connectivity index (χ1v) is 9.77. The normalized spacial score (nSPS) is 24.3. The molecule has 2 atom stereocenters. The van der Waals surface area contributed by atoms with Crippen LogP contribution in [0.15, 0.2) is 24.8 Å². The average Bonchev–Trinajstić information content (AvgIpc) is 3.14. The summed E-state index contributed by atoms with van der Waals surface area (Å²) in [5, 5.41) is 7.92. The first kappa shape index (κ1) is 18.3. The van der Waals surface area contributed by atoms with Gasteiger partial charge in [-0.25, -0.2) is 9.97 Å². The largest absolute Gasteiger partial charge is 0.372 e. The van der Waals surface area contributed by atoms with Crippen LogP contribution >= 0.6 is 0 Å². The Kier molecular flexibility index (Phi) is 5.66. The number of nitrogens with one attached hydrogen (secondary N) is 1. The molecule has 0 spiro atoms. The first-order chi connectivity index (χ1) is 13.2. The van der Waals surface area contributed by atoms with Crippen LogP contribution in [0.5, 0.6) is 0 Å². The van der Waals surface area contributed by atoms with Crippen molar-refractivity contribution in [2.24, 2.45) is 7.05 Å². The molecule has 8 heteroatoms. The molecule has 2 aromatic heterocycles. The van der Waals surface area contributed by atoms with E-state index in [1.54, 1.807) is 0 Å². The van der Waals surface area contributed by atoms with Gasteiger partial charge in [0.05, 0.1) is 6.20 Å². The van der Waals surface area contributed by atoms with E-state index in [2.05, 4.69) is 37.2 Å². The lowest BCUT2D eigenvalue weighted by atomic mass is 9.98. The quantitative estimate of drug-likeness (QED) is 0.840. The van der Waals surface area contributed by atoms with Crippen LogP contribution in [0, 0.1) is 0 Å². The van der Waals surface area contributed by atoms with Crippen molar-refractivity contribution < 1.29 is 4.74 Å². The highest BCUT2D eigenvalue weighted by atomic mass is 16.5. The van der Waals surface area contributed by atoms with Gasteiger partial charge in [-0.1, -0.05) is 0 Å². The zero-order valence-electron chi connectivity index (χ0n) is 16.2. The summed E-state index contributed by atoms with van der Waals surface area (Å²) >= 11 is 0. The molecule has 1 N–H and O–H groups in total. The van der Waals surface area contributed by atoms with Gasteiger partial charge in [-0.2, -0.15) is 5.10 Å². The molecular formula is C19H29N7O. The lowest BCUT2D eigenvalue weighted by molar-refractivity contribution is -0.0112. The topological polar surface area (TPSA) is 71.3 Å². The SMILES string of the molecule is CN1CCN(c2ncc(CN[C@H]3CCCO[C@@H]3c3cnn(C)c3)cn2)CC1. The van der Waals surface area contributed by atoms with Crippen molar-refractivity contribution in [2.75, 3.05) is 44.7 Å². The Bertz CT molecular complexity index is 724. The Balaban J connectivity index is 1.34. The maximum absolute atomic E-state index is 6.03. The molecule has 0 aliphatic carbocycles. The van der Waals surface area contributed by atoms with Crippen LogP contribution in [0.25, 0.3) is 0 Å². The lowest BCUT2D eigenvalue weighted by Gasteiger charge is -2.32. The van der Waals surface area contributed by atoms with Gasteiger partial charge >= 0.3 is 0 Å². The number of hydrogen-bond donors (Lipinski definition) is 1. The maximum atomic E-state index is 6.03. The molecule has 4 heterocycles. The van der Waals surface area contributed by atoms with Crippen molar-refractivity contribution in [2.45, 2.75) is 31.5 Å². The van der Waals surface area contributed by atoms with Gasteiger partial charge in [-0.15, -0.1) is 0 Å². The van der Waals surface area contributed by atoms with Gasteiger partial charge in [-0.3, -0.25) is 4.68 Å². The number of anilines is 1. The summed E-state index contributed by atoms with van der Waals surface area (Å²) in [7, 11) is 4.09. The molecule has 8 nitrogen and oxygen atoms in total. The van der Waals surface area contributed by atoms with Crippen molar-refractivity contribution in [3.8, 4) is 0 Å². The minimum absolute atomic E-state index is 0.0537. The van der Waals surface area contributed by atoms with Gasteiger partial charge in [0.2, 0.25) is 5.95 Å². The van der Waals surface area contributed by atoms with Crippen LogP contribution in [0.2, 0.25) is 0 Å². The highest BCUT2D eigenvalue weighted by Gasteiger charge is 2.28. The molecule has 0 saturated carbocycles. The number of hydrogen-bond acceptors (Lipinski definition) is 7. The second-order valence-corrected chi connectivity index (χ2v) is 7.55. The Labute approximate surface area is 160 Å². The summed E-state index contributed by atoms with van der Waals surface area (Å²) in [5.74, 6) is 0.834. The predicted molar refractivity (Wildman–Crippen MR) is 104 cm³/mol. The van der Waals surface area contributed by atoms with Crippen molar-refractivity contribution in [1.82, 2.24) is 30.0 Å². The Morgan fingerprint density at radius 1 is 1.11 bits per heavy atom. The second kappa shape index (κ2) is 8.33. The number of likely N-dealkylation sites (N-methyl/N-ethyl adjacent to an activating group) is 1. The fourth-order valence-corrected chi connectivity index (χ4v) is 3.76. The number of aryl methyl sites for hydroxylation is 1. The molecule has 0 aromatic carbocycles. The van der Waals surface area contributed by atoms with E-state index in [9.17, 15) is 0 Å². The van der Waals surface area contributed by atoms with E-state index in [1.165, 1.54) is 0 Å². The van der Waals surface area contributed by atoms with E-state index in [4.69, 9.17) is 4.74 Å². The number of ether oxygens (including phenoxy) is 1. The van der Waals surface area contributed by atoms with E-state index in [0.717, 1.165) is 69.2 Å². The summed E-state index contributed by atoms with van der Waals surface area (Å²) in [4.78, 5) is 13.8.